The van der Waals surface area contributed by atoms with Gasteiger partial charge in [0.15, 0.2) is 0 Å². The fourth-order valence-electron chi connectivity index (χ4n) is 9.24. The van der Waals surface area contributed by atoms with E-state index in [9.17, 15) is 0 Å². The van der Waals surface area contributed by atoms with Gasteiger partial charge in [0.2, 0.25) is 0 Å². The highest BCUT2D eigenvalue weighted by atomic mass is 19.1. The molecule has 2 aliphatic heterocycles. The highest BCUT2D eigenvalue weighted by Crippen LogP contribution is 2.50. The third kappa shape index (κ3) is 6.73. The Morgan fingerprint density at radius 1 is 0.944 bits per heavy atom. The molecule has 2 fully saturated rings. The molecule has 3 unspecified atom stereocenters. The Balaban J connectivity index is 1.23. The fraction of sp³-hybridized carbons (Fsp3) is 0.535. The number of allylic oxidation sites excluding steroid dienone is 4. The second-order valence-electron chi connectivity index (χ2n) is 16.7. The maximum Gasteiger partial charge on any atom is 0.146 e. The number of pyridine rings is 1. The predicted octanol–water partition coefficient (Wildman–Crippen LogP) is 8.43. The molecule has 3 atom stereocenters. The molecule has 0 spiro atoms. The lowest BCUT2D eigenvalue weighted by molar-refractivity contribution is 0.241. The average Bonchev–Trinajstić information content (AvgIpc) is 3.74. The lowest BCUT2D eigenvalue weighted by Crippen LogP contribution is -2.42. The Hall–Kier alpha value is -4.51. The molecule has 10 nitrogen and oxygen atoms in total. The molecule has 1 aromatic carbocycles. The minimum Gasteiger partial charge on any atom is -0.365 e. The minimum atomic E-state index is -0.212. The number of likely N-dealkylation sites (N-methyl/N-ethyl adjacent to an activating group) is 1. The van der Waals surface area contributed by atoms with Crippen molar-refractivity contribution in [3.05, 3.63) is 76.8 Å². The van der Waals surface area contributed by atoms with Crippen LogP contribution in [0.2, 0.25) is 0 Å². The van der Waals surface area contributed by atoms with Crippen LogP contribution in [0.3, 0.4) is 0 Å². The van der Waals surface area contributed by atoms with Gasteiger partial charge in [-0.25, -0.2) is 19.3 Å². The van der Waals surface area contributed by atoms with Crippen LogP contribution in [0.15, 0.2) is 54.0 Å². The van der Waals surface area contributed by atoms with Gasteiger partial charge in [0.25, 0.3) is 0 Å². The second-order valence-corrected chi connectivity index (χ2v) is 16.7. The van der Waals surface area contributed by atoms with E-state index in [-0.39, 0.29) is 23.3 Å². The third-order valence-corrected chi connectivity index (χ3v) is 12.5. The molecule has 0 amide bonds. The maximum atomic E-state index is 15.5. The highest BCUT2D eigenvalue weighted by molar-refractivity contribution is 5.92. The van der Waals surface area contributed by atoms with E-state index in [1.807, 2.05) is 24.9 Å². The lowest BCUT2D eigenvalue weighted by Gasteiger charge is -2.32. The Kier molecular flexibility index (Phi) is 9.65. The number of imidazole rings is 1. The highest BCUT2D eigenvalue weighted by Gasteiger charge is 2.47. The van der Waals surface area contributed by atoms with Gasteiger partial charge in [-0.3, -0.25) is 4.68 Å². The molecule has 1 saturated heterocycles. The van der Waals surface area contributed by atoms with Crippen molar-refractivity contribution in [3.63, 3.8) is 0 Å². The van der Waals surface area contributed by atoms with Crippen molar-refractivity contribution >= 4 is 28.4 Å². The van der Waals surface area contributed by atoms with Crippen LogP contribution < -0.4 is 10.2 Å². The first kappa shape index (κ1) is 36.5. The smallest absolute Gasteiger partial charge is 0.146 e. The number of hydrogen-bond donors (Lipinski definition) is 1. The molecule has 2 aliphatic carbocycles. The number of benzene rings is 1. The summed E-state index contributed by atoms with van der Waals surface area (Å²) in [7, 11) is 4.29. The van der Waals surface area contributed by atoms with Crippen LogP contribution in [0.25, 0.3) is 28.0 Å². The first-order valence-corrected chi connectivity index (χ1v) is 20.1. The average molecular weight is 733 g/mol. The van der Waals surface area contributed by atoms with Gasteiger partial charge in [-0.05, 0) is 115 Å². The normalized spacial score (nSPS) is 22.8. The van der Waals surface area contributed by atoms with Gasteiger partial charge >= 0.3 is 0 Å². The number of aromatic nitrogens is 7. The standard InChI is InChI=1S/C43H57FN10/c1-9-31-23-50(7)26-33-21-32(47-39-13-11-12-36(48-39)34-18-28(4)20-37-40(34)52(24-31)30(6)46-37)25-53(33)41-29(5)22-45-54(38-15-14-27(3)19-35(38)44)51(8)42(49-41)43(10-2)16-17-43/h11-13,18-20,22,31-33H,9-10,14-17,21,23-26H2,1-8H3,(H,47,48). The molecule has 4 bridgehead atoms. The van der Waals surface area contributed by atoms with E-state index in [4.69, 9.17) is 20.1 Å². The third-order valence-electron chi connectivity index (χ3n) is 12.5. The van der Waals surface area contributed by atoms with E-state index >= 15 is 4.39 Å². The SMILES string of the molecule is CCC1CN(C)CC2CC(CN2c2nc(C3(CC)CC3)n(C)n(C3=C(F)C=C(C)CC3)ncc2C)Nc2cccc(n2)-c2cc(C)cc3nc(C)n(c23)C1. The van der Waals surface area contributed by atoms with E-state index in [0.29, 0.717) is 18.0 Å². The van der Waals surface area contributed by atoms with Crippen molar-refractivity contribution in [2.24, 2.45) is 13.0 Å². The Morgan fingerprint density at radius 3 is 2.50 bits per heavy atom. The number of aryl methyl sites for hydroxylation is 3. The quantitative estimate of drug-likeness (QED) is 0.221. The minimum absolute atomic E-state index is 0.0511. The Labute approximate surface area is 319 Å². The Bertz CT molecular complexity index is 2200. The van der Waals surface area contributed by atoms with Crippen LogP contribution in [0.1, 0.15) is 88.5 Å². The van der Waals surface area contributed by atoms with Gasteiger partial charge in [0.1, 0.15) is 29.1 Å². The molecule has 286 valence electrons. The van der Waals surface area contributed by atoms with Gasteiger partial charge < -0.3 is 19.7 Å². The second kappa shape index (κ2) is 14.3. The predicted molar refractivity (Wildman–Crippen MR) is 217 cm³/mol. The van der Waals surface area contributed by atoms with Crippen molar-refractivity contribution in [3.8, 4) is 11.3 Å². The first-order chi connectivity index (χ1) is 26.0. The van der Waals surface area contributed by atoms with Crippen molar-refractivity contribution in [2.75, 3.05) is 36.9 Å². The zero-order chi connectivity index (χ0) is 37.9. The number of nitrogens with one attached hydrogen (secondary N) is 1. The van der Waals surface area contributed by atoms with Crippen LogP contribution in [0.5, 0.6) is 0 Å². The number of nitrogens with zero attached hydrogens (tertiary/aromatic N) is 9. The summed E-state index contributed by atoms with van der Waals surface area (Å²) in [5, 5.41) is 8.86. The molecular weight excluding hydrogens is 676 g/mol. The number of rotatable bonds is 5. The van der Waals surface area contributed by atoms with Crippen LogP contribution in [-0.2, 0) is 19.0 Å². The molecule has 8 rings (SSSR count). The van der Waals surface area contributed by atoms with E-state index in [0.717, 1.165) is 116 Å². The summed E-state index contributed by atoms with van der Waals surface area (Å²) in [6, 6.07) is 11.2. The molecule has 4 aromatic rings. The molecular formula is C43H57FN10. The first-order valence-electron chi connectivity index (χ1n) is 20.1. The molecule has 0 radical (unpaired) electrons. The molecule has 1 N–H and O–H groups in total. The topological polar surface area (TPSA) is 84.9 Å². The van der Waals surface area contributed by atoms with E-state index in [1.165, 1.54) is 11.1 Å². The van der Waals surface area contributed by atoms with Gasteiger partial charge in [-0.2, -0.15) is 9.90 Å². The number of hydrogen-bond acceptors (Lipinski definition) is 7. The maximum absolute atomic E-state index is 15.5. The van der Waals surface area contributed by atoms with E-state index in [2.05, 4.69) is 91.7 Å². The summed E-state index contributed by atoms with van der Waals surface area (Å²) in [4.78, 5) is 22.8. The summed E-state index contributed by atoms with van der Waals surface area (Å²) < 4.78 is 20.0. The lowest BCUT2D eigenvalue weighted by atomic mass is 10.0. The zero-order valence-corrected chi connectivity index (χ0v) is 33.5. The Morgan fingerprint density at radius 2 is 1.76 bits per heavy atom. The molecule has 1 saturated carbocycles. The molecule has 4 aliphatic rings. The van der Waals surface area contributed by atoms with Crippen LogP contribution in [-0.4, -0.2) is 77.8 Å². The fourth-order valence-corrected chi connectivity index (χ4v) is 9.24. The van der Waals surface area contributed by atoms with E-state index in [1.54, 1.807) is 10.9 Å². The molecule has 3 aromatic heterocycles. The number of halogens is 1. The van der Waals surface area contributed by atoms with Gasteiger partial charge in [-0.15, -0.1) is 0 Å². The van der Waals surface area contributed by atoms with E-state index < -0.39 is 0 Å². The van der Waals surface area contributed by atoms with Crippen molar-refractivity contribution in [1.29, 1.82) is 0 Å². The molecule has 5 heterocycles. The zero-order valence-electron chi connectivity index (χ0n) is 33.5. The van der Waals surface area contributed by atoms with Crippen molar-refractivity contribution in [1.82, 2.24) is 39.0 Å². The number of fused-ring (bicyclic) bond motifs is 5. The monoisotopic (exact) mass is 732 g/mol. The summed E-state index contributed by atoms with van der Waals surface area (Å²) in [5.41, 5.74) is 8.07. The molecule has 54 heavy (non-hydrogen) atoms. The van der Waals surface area contributed by atoms with Gasteiger partial charge in [-0.1, -0.05) is 31.9 Å². The van der Waals surface area contributed by atoms with Gasteiger partial charge in [0, 0.05) is 61.9 Å². The molecule has 11 heteroatoms. The summed E-state index contributed by atoms with van der Waals surface area (Å²) in [6.07, 6.45) is 10.1. The van der Waals surface area contributed by atoms with Gasteiger partial charge in [0.05, 0.1) is 28.6 Å². The summed E-state index contributed by atoms with van der Waals surface area (Å²) in [5.74, 6) is 4.10. The number of anilines is 2. The van der Waals surface area contributed by atoms with Crippen molar-refractivity contribution in [2.45, 2.75) is 111 Å². The summed E-state index contributed by atoms with van der Waals surface area (Å²) in [6.45, 7) is 16.5. The summed E-state index contributed by atoms with van der Waals surface area (Å²) >= 11 is 0. The largest absolute Gasteiger partial charge is 0.365 e. The van der Waals surface area contributed by atoms with Crippen LogP contribution in [0, 0.1) is 26.7 Å². The van der Waals surface area contributed by atoms with Crippen LogP contribution >= 0.6 is 0 Å². The van der Waals surface area contributed by atoms with Crippen LogP contribution in [0.4, 0.5) is 16.0 Å². The van der Waals surface area contributed by atoms with Crippen molar-refractivity contribution < 1.29 is 4.39 Å².